The first-order valence-corrected chi connectivity index (χ1v) is 15.7. The molecule has 1 aliphatic rings. The number of esters is 1. The number of carbonyl (C=O) groups excluding carboxylic acids is 1. The molecule has 0 saturated carbocycles. The van der Waals surface area contributed by atoms with Crippen LogP contribution in [0.25, 0.3) is 16.3 Å². The Morgan fingerprint density at radius 2 is 1.33 bits per heavy atom. The Bertz CT molecular complexity index is 1920. The van der Waals surface area contributed by atoms with E-state index >= 15 is 0 Å². The van der Waals surface area contributed by atoms with Crippen molar-refractivity contribution < 1.29 is 17.9 Å². The number of hydrogen-bond donors (Lipinski definition) is 0. The second-order valence-electron chi connectivity index (χ2n) is 10.4. The molecule has 6 heteroatoms. The number of benzene rings is 5. The second-order valence-corrected chi connectivity index (χ2v) is 12.2. The summed E-state index contributed by atoms with van der Waals surface area (Å²) in [7, 11) is -4.20. The summed E-state index contributed by atoms with van der Waals surface area (Å²) in [5, 5.41) is 1.80. The molecule has 5 aromatic carbocycles. The zero-order valence-corrected chi connectivity index (χ0v) is 24.8. The van der Waals surface area contributed by atoms with Crippen LogP contribution in [0.15, 0.2) is 150 Å². The van der Waals surface area contributed by atoms with Gasteiger partial charge in [-0.2, -0.15) is 0 Å². The molecular formula is C37H31NO4S. The van der Waals surface area contributed by atoms with Crippen molar-refractivity contribution in [3.05, 3.63) is 167 Å². The van der Waals surface area contributed by atoms with Gasteiger partial charge in [0.05, 0.1) is 22.8 Å². The Kier molecular flexibility index (Phi) is 7.70. The normalized spacial score (nSPS) is 14.9. The van der Waals surface area contributed by atoms with Crippen molar-refractivity contribution in [2.45, 2.75) is 24.8 Å². The average molecular weight is 586 g/mol. The fraction of sp³-hybridized carbons (Fsp3) is 0.108. The SMILES string of the molecule is CCOC(=O)C1=CC(=C(c2ccccc2)c2ccccc2)N(S(=O)(=O)c2ccc(C)cc2)C1c1cccc2ccccc12. The first-order valence-electron chi connectivity index (χ1n) is 14.2. The molecule has 214 valence electrons. The molecule has 0 radical (unpaired) electrons. The highest BCUT2D eigenvalue weighted by atomic mass is 32.2. The summed E-state index contributed by atoms with van der Waals surface area (Å²) in [5.74, 6) is -0.556. The maximum absolute atomic E-state index is 14.9. The molecule has 1 unspecified atom stereocenters. The van der Waals surface area contributed by atoms with Crippen LogP contribution in [0.3, 0.4) is 0 Å². The van der Waals surface area contributed by atoms with E-state index in [1.807, 2.05) is 110 Å². The summed E-state index contributed by atoms with van der Waals surface area (Å²) in [6, 6.07) is 38.8. The molecule has 0 aromatic heterocycles. The Balaban J connectivity index is 1.74. The largest absolute Gasteiger partial charge is 0.463 e. The number of hydrogen-bond acceptors (Lipinski definition) is 4. The number of sulfonamides is 1. The van der Waals surface area contributed by atoms with E-state index in [0.29, 0.717) is 16.8 Å². The molecule has 5 aromatic rings. The Morgan fingerprint density at radius 1 is 0.744 bits per heavy atom. The predicted octanol–water partition coefficient (Wildman–Crippen LogP) is 7.84. The fourth-order valence-electron chi connectivity index (χ4n) is 5.67. The molecule has 43 heavy (non-hydrogen) atoms. The molecule has 1 aliphatic heterocycles. The standard InChI is InChI=1S/C37H31NO4S/c1-3-42-37(39)33-25-34(35(28-14-6-4-7-15-28)29-16-8-5-9-17-29)38(43(40,41)30-23-21-26(2)22-24-30)36(33)32-20-12-18-27-13-10-11-19-31(27)32/h4-25,36H,3H2,1-2H3. The van der Waals surface area contributed by atoms with Gasteiger partial charge in [-0.3, -0.25) is 4.31 Å². The lowest BCUT2D eigenvalue weighted by atomic mass is 9.95. The van der Waals surface area contributed by atoms with Crippen molar-refractivity contribution in [2.75, 3.05) is 6.61 Å². The van der Waals surface area contributed by atoms with Crippen molar-refractivity contribution in [3.8, 4) is 0 Å². The van der Waals surface area contributed by atoms with Crippen molar-refractivity contribution in [2.24, 2.45) is 0 Å². The highest BCUT2D eigenvalue weighted by molar-refractivity contribution is 7.89. The Morgan fingerprint density at radius 3 is 1.95 bits per heavy atom. The first kappa shape index (κ1) is 28.2. The van der Waals surface area contributed by atoms with Crippen LogP contribution in [-0.2, 0) is 19.6 Å². The number of fused-ring (bicyclic) bond motifs is 1. The summed E-state index contributed by atoms with van der Waals surface area (Å²) in [6.07, 6.45) is 1.70. The number of carbonyl (C=O) groups is 1. The van der Waals surface area contributed by atoms with E-state index in [1.165, 1.54) is 4.31 Å². The molecule has 1 atom stereocenters. The smallest absolute Gasteiger partial charge is 0.336 e. The summed E-state index contributed by atoms with van der Waals surface area (Å²) in [6.45, 7) is 3.82. The van der Waals surface area contributed by atoms with E-state index in [9.17, 15) is 13.2 Å². The molecule has 0 spiro atoms. The molecule has 0 amide bonds. The van der Waals surface area contributed by atoms with Crippen LogP contribution in [0.5, 0.6) is 0 Å². The number of rotatable bonds is 7. The van der Waals surface area contributed by atoms with Gasteiger partial charge in [-0.15, -0.1) is 0 Å². The third-order valence-corrected chi connectivity index (χ3v) is 9.44. The van der Waals surface area contributed by atoms with Crippen molar-refractivity contribution in [3.63, 3.8) is 0 Å². The molecule has 0 saturated heterocycles. The van der Waals surface area contributed by atoms with Gasteiger partial charge < -0.3 is 4.74 Å². The lowest BCUT2D eigenvalue weighted by Crippen LogP contribution is -2.33. The van der Waals surface area contributed by atoms with Crippen LogP contribution in [0, 0.1) is 6.92 Å². The van der Waals surface area contributed by atoms with Gasteiger partial charge in [0.2, 0.25) is 0 Å². The van der Waals surface area contributed by atoms with Crippen LogP contribution >= 0.6 is 0 Å². The minimum absolute atomic E-state index is 0.139. The first-order chi connectivity index (χ1) is 20.9. The predicted molar refractivity (Wildman–Crippen MR) is 171 cm³/mol. The van der Waals surface area contributed by atoms with Crippen LogP contribution in [0.1, 0.15) is 35.2 Å². The van der Waals surface area contributed by atoms with E-state index in [0.717, 1.165) is 27.5 Å². The zero-order valence-electron chi connectivity index (χ0n) is 24.0. The van der Waals surface area contributed by atoms with Crippen molar-refractivity contribution in [1.82, 2.24) is 4.31 Å². The van der Waals surface area contributed by atoms with Gasteiger partial charge in [0.15, 0.2) is 0 Å². The molecular weight excluding hydrogens is 554 g/mol. The fourth-order valence-corrected chi connectivity index (χ4v) is 7.28. The van der Waals surface area contributed by atoms with Crippen LogP contribution in [0.2, 0.25) is 0 Å². The maximum Gasteiger partial charge on any atom is 0.336 e. The van der Waals surface area contributed by atoms with Gasteiger partial charge in [0.1, 0.15) is 6.04 Å². The van der Waals surface area contributed by atoms with E-state index < -0.39 is 22.0 Å². The summed E-state index contributed by atoms with van der Waals surface area (Å²) < 4.78 is 36.7. The number of ether oxygens (including phenoxy) is 1. The van der Waals surface area contributed by atoms with Gasteiger partial charge in [0, 0.05) is 5.57 Å². The van der Waals surface area contributed by atoms with Gasteiger partial charge in [-0.05, 0) is 59.5 Å². The molecule has 0 bridgehead atoms. The highest BCUT2D eigenvalue weighted by Crippen LogP contribution is 2.48. The molecule has 1 heterocycles. The number of nitrogens with zero attached hydrogens (tertiary/aromatic N) is 1. The average Bonchev–Trinajstić information content (AvgIpc) is 3.43. The minimum atomic E-state index is -4.20. The van der Waals surface area contributed by atoms with Gasteiger partial charge >= 0.3 is 5.97 Å². The third-order valence-electron chi connectivity index (χ3n) is 7.65. The molecule has 0 aliphatic carbocycles. The summed E-state index contributed by atoms with van der Waals surface area (Å²) >= 11 is 0. The van der Waals surface area contributed by atoms with Crippen LogP contribution < -0.4 is 0 Å². The van der Waals surface area contributed by atoms with E-state index in [2.05, 4.69) is 0 Å². The molecule has 5 nitrogen and oxygen atoms in total. The second kappa shape index (κ2) is 11.7. The third kappa shape index (κ3) is 5.26. The van der Waals surface area contributed by atoms with Crippen LogP contribution in [-0.4, -0.2) is 25.3 Å². The molecule has 0 N–H and O–H groups in total. The van der Waals surface area contributed by atoms with E-state index in [-0.39, 0.29) is 17.1 Å². The van der Waals surface area contributed by atoms with E-state index in [4.69, 9.17) is 4.74 Å². The van der Waals surface area contributed by atoms with Crippen LogP contribution in [0.4, 0.5) is 0 Å². The highest BCUT2D eigenvalue weighted by Gasteiger charge is 2.45. The molecule has 0 fully saturated rings. The summed E-state index contributed by atoms with van der Waals surface area (Å²) in [5.41, 5.74) is 4.65. The Labute approximate surface area is 252 Å². The zero-order chi connectivity index (χ0) is 30.0. The monoisotopic (exact) mass is 585 g/mol. The van der Waals surface area contributed by atoms with Crippen molar-refractivity contribution >= 4 is 32.3 Å². The minimum Gasteiger partial charge on any atom is -0.463 e. The maximum atomic E-state index is 14.9. The van der Waals surface area contributed by atoms with Gasteiger partial charge in [0.25, 0.3) is 10.0 Å². The number of allylic oxidation sites excluding steroid dienone is 1. The topological polar surface area (TPSA) is 63.7 Å². The Hall–Kier alpha value is -4.94. The summed E-state index contributed by atoms with van der Waals surface area (Å²) in [4.78, 5) is 13.9. The van der Waals surface area contributed by atoms with Gasteiger partial charge in [-0.1, -0.05) is 121 Å². The van der Waals surface area contributed by atoms with Crippen molar-refractivity contribution in [1.29, 1.82) is 0 Å². The molecule has 6 rings (SSSR count). The lowest BCUT2D eigenvalue weighted by Gasteiger charge is -2.31. The number of aryl methyl sites for hydroxylation is 1. The van der Waals surface area contributed by atoms with E-state index in [1.54, 1.807) is 37.3 Å². The lowest BCUT2D eigenvalue weighted by molar-refractivity contribution is -0.138. The quantitative estimate of drug-likeness (QED) is 0.183. The van der Waals surface area contributed by atoms with Gasteiger partial charge in [-0.25, -0.2) is 13.2 Å².